The van der Waals surface area contributed by atoms with E-state index in [1.165, 1.54) is 10.1 Å². The van der Waals surface area contributed by atoms with Gasteiger partial charge in [0.25, 0.3) is 0 Å². The molecule has 3 aliphatic rings. The molecular weight excluding hydrogens is 441 g/mol. The van der Waals surface area contributed by atoms with Crippen molar-refractivity contribution < 1.29 is 13.8 Å². The van der Waals surface area contributed by atoms with Crippen molar-refractivity contribution in [1.29, 1.82) is 0 Å². The second-order valence-electron chi connectivity index (χ2n) is 8.94. The van der Waals surface area contributed by atoms with Gasteiger partial charge in [0.15, 0.2) is 0 Å². The number of fused-ring (bicyclic) bond motifs is 1. The molecule has 0 aromatic carbocycles. The van der Waals surface area contributed by atoms with Crippen LogP contribution in [0.4, 0.5) is 5.82 Å². The van der Waals surface area contributed by atoms with E-state index in [4.69, 9.17) is 31.3 Å². The lowest BCUT2D eigenvalue weighted by Crippen LogP contribution is -2.39. The lowest BCUT2D eigenvalue weighted by Gasteiger charge is -2.37. The van der Waals surface area contributed by atoms with E-state index in [1.807, 2.05) is 0 Å². The molecule has 30 heavy (non-hydrogen) atoms. The van der Waals surface area contributed by atoms with E-state index in [0.717, 1.165) is 19.3 Å². The van der Waals surface area contributed by atoms with Gasteiger partial charge in [0.1, 0.15) is 12.0 Å². The van der Waals surface area contributed by atoms with Crippen molar-refractivity contribution in [3.8, 4) is 0 Å². The molecule has 1 aromatic heterocycles. The fourth-order valence-corrected chi connectivity index (χ4v) is 11.6. The van der Waals surface area contributed by atoms with Crippen LogP contribution in [0.5, 0.6) is 0 Å². The van der Waals surface area contributed by atoms with E-state index in [-0.39, 0.29) is 34.9 Å². The molecule has 1 aromatic rings. The minimum Gasteiger partial charge on any atom is -0.383 e. The topological polar surface area (TPSA) is 88.6 Å². The Morgan fingerprint density at radius 1 is 1.57 bits per heavy atom. The highest BCUT2D eigenvalue weighted by molar-refractivity contribution is 8.68. The summed E-state index contributed by atoms with van der Waals surface area (Å²) in [5, 5.41) is 0. The van der Waals surface area contributed by atoms with Crippen LogP contribution in [0.1, 0.15) is 52.7 Å². The zero-order valence-corrected chi connectivity index (χ0v) is 20.2. The van der Waals surface area contributed by atoms with Gasteiger partial charge in [-0.2, -0.15) is 4.98 Å². The summed E-state index contributed by atoms with van der Waals surface area (Å²) in [4.78, 5) is 15.9. The third-order valence-electron chi connectivity index (χ3n) is 6.54. The average molecular weight is 472 g/mol. The van der Waals surface area contributed by atoms with Crippen molar-refractivity contribution >= 4 is 34.7 Å². The largest absolute Gasteiger partial charge is 0.383 e. The maximum absolute atomic E-state index is 12.1. The number of nitrogens with two attached hydrogens (primary N) is 1. The van der Waals surface area contributed by atoms with Crippen LogP contribution in [-0.2, 0) is 25.6 Å². The highest BCUT2D eigenvalue weighted by atomic mass is 32.9. The van der Waals surface area contributed by atoms with Crippen molar-refractivity contribution in [3.05, 3.63) is 34.9 Å². The van der Waals surface area contributed by atoms with Gasteiger partial charge in [-0.1, -0.05) is 30.5 Å². The van der Waals surface area contributed by atoms with Gasteiger partial charge in [0, 0.05) is 10.9 Å². The molecule has 4 rings (SSSR count). The smallest absolute Gasteiger partial charge is 0.351 e. The van der Waals surface area contributed by atoms with Crippen LogP contribution in [-0.4, -0.2) is 33.1 Å². The molecule has 0 amide bonds. The van der Waals surface area contributed by atoms with E-state index in [9.17, 15) is 4.79 Å². The molecule has 2 aliphatic heterocycles. The molecule has 10 heteroatoms. The lowest BCUT2D eigenvalue weighted by atomic mass is 9.77. The Bertz CT molecular complexity index is 941. The Morgan fingerprint density at radius 3 is 3.03 bits per heavy atom. The molecule has 2 N–H and O–H groups in total. The quantitative estimate of drug-likeness (QED) is 0.504. The Morgan fingerprint density at radius 2 is 2.33 bits per heavy atom. The second-order valence-corrected chi connectivity index (χ2v) is 15.5. The summed E-state index contributed by atoms with van der Waals surface area (Å²) in [6.45, 7) is 10.9. The average Bonchev–Trinajstić information content (AvgIpc) is 3.15. The molecule has 0 spiro atoms. The van der Waals surface area contributed by atoms with Crippen LogP contribution in [0.2, 0.25) is 0 Å². The van der Waals surface area contributed by atoms with Gasteiger partial charge in [-0.05, 0) is 69.2 Å². The first-order chi connectivity index (χ1) is 14.1. The Labute approximate surface area is 186 Å². The van der Waals surface area contributed by atoms with Gasteiger partial charge < -0.3 is 19.5 Å². The summed E-state index contributed by atoms with van der Waals surface area (Å²) >= 11 is 7.58. The summed E-state index contributed by atoms with van der Waals surface area (Å²) in [7, 11) is 0. The molecule has 3 heterocycles. The van der Waals surface area contributed by atoms with Crippen LogP contribution in [0.3, 0.4) is 0 Å². The molecule has 0 radical (unpaired) electrons. The molecule has 1 saturated carbocycles. The second kappa shape index (κ2) is 8.34. The predicted molar refractivity (Wildman–Crippen MR) is 124 cm³/mol. The van der Waals surface area contributed by atoms with E-state index < -0.39 is 11.4 Å². The number of anilines is 1. The van der Waals surface area contributed by atoms with Crippen molar-refractivity contribution in [2.45, 2.75) is 69.6 Å². The predicted octanol–water partition coefficient (Wildman–Crippen LogP) is 4.26. The van der Waals surface area contributed by atoms with Gasteiger partial charge in [0.05, 0.1) is 18.8 Å². The van der Waals surface area contributed by atoms with Gasteiger partial charge in [-0.25, -0.2) is 4.79 Å². The molecule has 1 unspecified atom stereocenters. The molecule has 3 fully saturated rings. The molecule has 1 aliphatic carbocycles. The third kappa shape index (κ3) is 4.43. The number of rotatable bonds is 5. The van der Waals surface area contributed by atoms with Crippen LogP contribution < -0.4 is 11.4 Å². The van der Waals surface area contributed by atoms with Crippen molar-refractivity contribution in [2.24, 2.45) is 11.8 Å². The van der Waals surface area contributed by atoms with E-state index in [0.29, 0.717) is 18.9 Å². The van der Waals surface area contributed by atoms with E-state index in [1.54, 1.807) is 23.6 Å². The number of hydrogen-bond donors (Lipinski definition) is 1. The number of nitrogen functional groups attached to an aromatic ring is 1. The molecule has 7 atom stereocenters. The van der Waals surface area contributed by atoms with Crippen LogP contribution >= 0.6 is 17.1 Å². The number of aromatic nitrogens is 2. The zero-order valence-electron chi connectivity index (χ0n) is 17.7. The summed E-state index contributed by atoms with van der Waals surface area (Å²) in [5.74, 6) is 0.926. The fraction of sp³-hybridized carbons (Fsp3) is 0.700. The first-order valence-corrected chi connectivity index (χ1v) is 14.4. The monoisotopic (exact) mass is 471 g/mol. The van der Waals surface area contributed by atoms with Crippen molar-refractivity contribution in [2.75, 3.05) is 12.3 Å². The first kappa shape index (κ1) is 22.5. The van der Waals surface area contributed by atoms with Crippen LogP contribution in [0.15, 0.2) is 29.2 Å². The number of nitrogens with zero attached hydrogens (tertiary/aromatic N) is 2. The molecule has 0 bridgehead atoms. The maximum atomic E-state index is 12.1. The minimum atomic E-state index is -2.44. The fourth-order valence-electron chi connectivity index (χ4n) is 4.50. The summed E-state index contributed by atoms with van der Waals surface area (Å²) in [5.41, 5.74) is 3.96. The summed E-state index contributed by atoms with van der Waals surface area (Å²) in [6.07, 6.45) is 5.08. The molecule has 166 valence electrons. The highest BCUT2D eigenvalue weighted by Gasteiger charge is 2.53. The van der Waals surface area contributed by atoms with Gasteiger partial charge in [-0.15, -0.1) is 0 Å². The van der Waals surface area contributed by atoms with Crippen molar-refractivity contribution in [1.82, 2.24) is 9.55 Å². The lowest BCUT2D eigenvalue weighted by molar-refractivity contribution is -0.0271. The first-order valence-electron chi connectivity index (χ1n) is 10.4. The van der Waals surface area contributed by atoms with Gasteiger partial charge in [0.2, 0.25) is 5.69 Å². The SMILES string of the molecule is C=C(C)[C@H]1CC[C@@]2(C)SP(=S)(OC[C@H]3O[C@@H](n4ccc(N)nc4=O)C[C@@H]3C)O[C@@H]2C1. The molecule has 2 saturated heterocycles. The number of hydrogen-bond acceptors (Lipinski definition) is 8. The molecule has 7 nitrogen and oxygen atoms in total. The Hall–Kier alpha value is -0.700. The molecular formula is C20H30N3O4PS2. The van der Waals surface area contributed by atoms with E-state index in [2.05, 4.69) is 32.3 Å². The van der Waals surface area contributed by atoms with Crippen LogP contribution in [0, 0.1) is 11.8 Å². The standard InChI is InChI=1S/C20H30N3O4PS2/c1-12(2)14-5-7-20(4)16(10-14)27-28(29,30-20)25-11-15-13(3)9-18(26-15)23-8-6-17(21)22-19(23)24/h6,8,13-16,18H,1,5,7,9-11H2,2-4H3,(H2,21,22,24)/t13-,14-,15+,16+,18+,20+,28?/m0/s1. The summed E-state index contributed by atoms with van der Waals surface area (Å²) < 4.78 is 20.2. The number of allylic oxidation sites excluding steroid dienone is 1. The highest BCUT2D eigenvalue weighted by Crippen LogP contribution is 2.75. The Kier molecular flexibility index (Phi) is 6.25. The van der Waals surface area contributed by atoms with E-state index >= 15 is 0 Å². The van der Waals surface area contributed by atoms with Gasteiger partial charge in [-0.3, -0.25) is 4.57 Å². The third-order valence-corrected chi connectivity index (χ3v) is 12.4. The zero-order chi connectivity index (χ0) is 21.7. The maximum Gasteiger partial charge on any atom is 0.351 e. The number of ether oxygens (including phenoxy) is 1. The van der Waals surface area contributed by atoms with Crippen LogP contribution in [0.25, 0.3) is 0 Å². The summed E-state index contributed by atoms with van der Waals surface area (Å²) in [6, 6.07) is 1.60. The minimum absolute atomic E-state index is 0.00904. The normalized spacial score (nSPS) is 41.0. The van der Waals surface area contributed by atoms with Crippen molar-refractivity contribution in [3.63, 3.8) is 0 Å². The van der Waals surface area contributed by atoms with Gasteiger partial charge >= 0.3 is 5.69 Å². The Balaban J connectivity index is 1.38.